The van der Waals surface area contributed by atoms with Crippen LogP contribution in [0.3, 0.4) is 0 Å². The van der Waals surface area contributed by atoms with E-state index in [1.807, 2.05) is 97.1 Å². The first-order valence-electron chi connectivity index (χ1n) is 9.96. The van der Waals surface area contributed by atoms with Crippen molar-refractivity contribution in [1.82, 2.24) is 15.0 Å². The van der Waals surface area contributed by atoms with E-state index in [4.69, 9.17) is 19.6 Å². The zero-order chi connectivity index (χ0) is 21.0. The van der Waals surface area contributed by atoms with Crippen LogP contribution in [0.15, 0.2) is 97.1 Å². The van der Waals surface area contributed by atoms with Crippen LogP contribution in [0.1, 0.15) is 0 Å². The number of rotatable bonds is 5. The smallest absolute Gasteiger partial charge is 0.504 e. The Hall–Kier alpha value is -4.03. The highest BCUT2D eigenvalue weighted by atomic mass is 16.5. The first kappa shape index (κ1) is 19.0. The molecule has 0 amide bonds. The number of nitrogens with zero attached hydrogens (tertiary/aromatic N) is 3. The predicted molar refractivity (Wildman–Crippen MR) is 124 cm³/mol. The van der Waals surface area contributed by atoms with Gasteiger partial charge in [0.25, 0.3) is 0 Å². The molecule has 0 fully saturated rings. The molecule has 0 atom stereocenters. The summed E-state index contributed by atoms with van der Waals surface area (Å²) in [7, 11) is -0.384. The lowest BCUT2D eigenvalue weighted by Crippen LogP contribution is -2.02. The molecule has 0 unspecified atom stereocenters. The molecule has 0 radical (unpaired) electrons. The standard InChI is InChI=1S/C25H18BN3O2/c30-26-31-22-16-15-21(19-13-7-8-14-20(19)22)25-28-23(17-9-3-1-4-10-17)27-24(29-25)18-11-5-2-6-12-18/h1-16,26,30H. The molecule has 0 spiro atoms. The van der Waals surface area contributed by atoms with E-state index in [1.54, 1.807) is 0 Å². The van der Waals surface area contributed by atoms with Crippen LogP contribution in [0.4, 0.5) is 0 Å². The van der Waals surface area contributed by atoms with Gasteiger partial charge in [0.1, 0.15) is 5.75 Å². The molecule has 5 rings (SSSR count). The van der Waals surface area contributed by atoms with Crippen molar-refractivity contribution in [1.29, 1.82) is 0 Å². The van der Waals surface area contributed by atoms with Crippen LogP contribution in [0.5, 0.6) is 5.75 Å². The fraction of sp³-hybridized carbons (Fsp3) is 0. The summed E-state index contributed by atoms with van der Waals surface area (Å²) in [5.74, 6) is 2.43. The molecule has 0 aliphatic heterocycles. The van der Waals surface area contributed by atoms with Crippen LogP contribution >= 0.6 is 0 Å². The largest absolute Gasteiger partial charge is 0.538 e. The van der Waals surface area contributed by atoms with Crippen molar-refractivity contribution in [3.8, 4) is 39.9 Å². The van der Waals surface area contributed by atoms with Gasteiger partial charge in [0.05, 0.1) is 0 Å². The molecule has 0 saturated heterocycles. The maximum absolute atomic E-state index is 9.24. The Balaban J connectivity index is 1.75. The molecule has 5 aromatic rings. The van der Waals surface area contributed by atoms with Crippen LogP contribution < -0.4 is 4.65 Å². The summed E-state index contributed by atoms with van der Waals surface area (Å²) in [5, 5.41) is 11.1. The molecule has 6 heteroatoms. The second-order valence-electron chi connectivity index (χ2n) is 6.97. The Morgan fingerprint density at radius 3 is 1.65 bits per heavy atom. The average molecular weight is 403 g/mol. The third kappa shape index (κ3) is 3.76. The fourth-order valence-corrected chi connectivity index (χ4v) is 3.59. The molecule has 0 saturated carbocycles. The summed E-state index contributed by atoms with van der Waals surface area (Å²) < 4.78 is 5.40. The molecular weight excluding hydrogens is 385 g/mol. The molecule has 148 valence electrons. The average Bonchev–Trinajstić information content (AvgIpc) is 2.85. The van der Waals surface area contributed by atoms with Gasteiger partial charge in [-0.05, 0) is 17.5 Å². The van der Waals surface area contributed by atoms with E-state index in [9.17, 15) is 5.02 Å². The summed E-state index contributed by atoms with van der Waals surface area (Å²) in [5.41, 5.74) is 2.72. The van der Waals surface area contributed by atoms with E-state index in [2.05, 4.69) is 0 Å². The maximum atomic E-state index is 9.24. The molecule has 0 bridgehead atoms. The summed E-state index contributed by atoms with van der Waals surface area (Å²) in [6, 6.07) is 31.4. The van der Waals surface area contributed by atoms with E-state index in [-0.39, 0.29) is 7.69 Å². The normalized spacial score (nSPS) is 10.7. The second kappa shape index (κ2) is 8.38. The molecule has 31 heavy (non-hydrogen) atoms. The van der Waals surface area contributed by atoms with E-state index in [0.29, 0.717) is 23.2 Å². The van der Waals surface area contributed by atoms with Crippen LogP contribution in [0, 0.1) is 0 Å². The van der Waals surface area contributed by atoms with Gasteiger partial charge < -0.3 is 9.68 Å². The first-order chi connectivity index (χ1) is 15.3. The zero-order valence-electron chi connectivity index (χ0n) is 16.6. The van der Waals surface area contributed by atoms with Crippen molar-refractivity contribution >= 4 is 18.5 Å². The molecule has 0 aliphatic carbocycles. The Morgan fingerprint density at radius 1 is 0.548 bits per heavy atom. The van der Waals surface area contributed by atoms with Crippen LogP contribution in [-0.2, 0) is 0 Å². The maximum Gasteiger partial charge on any atom is 0.504 e. The lowest BCUT2D eigenvalue weighted by atomic mass is 10.0. The minimum Gasteiger partial charge on any atom is -0.538 e. The monoisotopic (exact) mass is 403 g/mol. The van der Waals surface area contributed by atoms with Gasteiger partial charge in [-0.2, -0.15) is 0 Å². The number of hydrogen-bond acceptors (Lipinski definition) is 5. The van der Waals surface area contributed by atoms with Gasteiger partial charge in [-0.1, -0.05) is 84.9 Å². The summed E-state index contributed by atoms with van der Waals surface area (Å²) in [4.78, 5) is 14.4. The number of benzene rings is 4. The summed E-state index contributed by atoms with van der Waals surface area (Å²) >= 11 is 0. The highest BCUT2D eigenvalue weighted by Crippen LogP contribution is 2.34. The summed E-state index contributed by atoms with van der Waals surface area (Å²) in [6.07, 6.45) is 0. The zero-order valence-corrected chi connectivity index (χ0v) is 16.6. The van der Waals surface area contributed by atoms with Crippen molar-refractivity contribution in [2.24, 2.45) is 0 Å². The van der Waals surface area contributed by atoms with Crippen molar-refractivity contribution in [3.63, 3.8) is 0 Å². The van der Waals surface area contributed by atoms with Gasteiger partial charge >= 0.3 is 7.69 Å². The quantitative estimate of drug-likeness (QED) is 0.432. The minimum absolute atomic E-state index is 0.384. The lowest BCUT2D eigenvalue weighted by Gasteiger charge is -2.12. The van der Waals surface area contributed by atoms with Crippen LogP contribution in [-0.4, -0.2) is 27.7 Å². The van der Waals surface area contributed by atoms with Gasteiger partial charge in [-0.3, -0.25) is 0 Å². The van der Waals surface area contributed by atoms with E-state index >= 15 is 0 Å². The van der Waals surface area contributed by atoms with E-state index in [1.165, 1.54) is 0 Å². The Bertz CT molecular complexity index is 1290. The molecule has 1 N–H and O–H groups in total. The first-order valence-corrected chi connectivity index (χ1v) is 9.96. The summed E-state index contributed by atoms with van der Waals surface area (Å²) in [6.45, 7) is 0. The van der Waals surface area contributed by atoms with Crippen LogP contribution in [0.2, 0.25) is 0 Å². The highest BCUT2D eigenvalue weighted by molar-refractivity contribution is 6.18. The van der Waals surface area contributed by atoms with Gasteiger partial charge in [-0.15, -0.1) is 0 Å². The fourth-order valence-electron chi connectivity index (χ4n) is 3.59. The molecule has 5 nitrogen and oxygen atoms in total. The van der Waals surface area contributed by atoms with E-state index < -0.39 is 0 Å². The van der Waals surface area contributed by atoms with Gasteiger partial charge in [0, 0.05) is 22.1 Å². The van der Waals surface area contributed by atoms with Crippen molar-refractivity contribution < 1.29 is 9.68 Å². The Kier molecular flexibility index (Phi) is 5.13. The van der Waals surface area contributed by atoms with Crippen LogP contribution in [0.25, 0.3) is 44.9 Å². The number of aromatic nitrogens is 3. The number of hydrogen-bond donors (Lipinski definition) is 1. The topological polar surface area (TPSA) is 68.1 Å². The second-order valence-corrected chi connectivity index (χ2v) is 6.97. The number of fused-ring (bicyclic) bond motifs is 1. The van der Waals surface area contributed by atoms with Gasteiger partial charge in [-0.25, -0.2) is 15.0 Å². The van der Waals surface area contributed by atoms with Gasteiger partial charge in [0.2, 0.25) is 0 Å². The van der Waals surface area contributed by atoms with Crippen molar-refractivity contribution in [2.75, 3.05) is 0 Å². The lowest BCUT2D eigenvalue weighted by molar-refractivity contribution is 0.457. The van der Waals surface area contributed by atoms with Gasteiger partial charge in [0.15, 0.2) is 17.5 Å². The molecular formula is C25H18BN3O2. The third-order valence-electron chi connectivity index (χ3n) is 5.04. The molecule has 1 heterocycles. The van der Waals surface area contributed by atoms with Crippen molar-refractivity contribution in [3.05, 3.63) is 97.1 Å². The van der Waals surface area contributed by atoms with Crippen molar-refractivity contribution in [2.45, 2.75) is 0 Å². The minimum atomic E-state index is -0.384. The highest BCUT2D eigenvalue weighted by Gasteiger charge is 2.15. The molecule has 4 aromatic carbocycles. The third-order valence-corrected chi connectivity index (χ3v) is 5.04. The Labute approximate surface area is 180 Å². The molecule has 0 aliphatic rings. The predicted octanol–water partition coefficient (Wildman–Crippen LogP) is 4.66. The van der Waals surface area contributed by atoms with E-state index in [0.717, 1.165) is 27.5 Å². The Morgan fingerprint density at radius 2 is 1.06 bits per heavy atom. The SMILES string of the molecule is OBOc1ccc(-c2nc(-c3ccccc3)nc(-c3ccccc3)n2)c2ccccc12. The molecule has 1 aromatic heterocycles.